The first-order valence-electron chi connectivity index (χ1n) is 5.84. The summed E-state index contributed by atoms with van der Waals surface area (Å²) in [6, 6.07) is 0.765. The van der Waals surface area contributed by atoms with Crippen LogP contribution in [0.1, 0.15) is 25.7 Å². The first kappa shape index (κ1) is 13.6. The molecule has 15 heavy (non-hydrogen) atoms. The van der Waals surface area contributed by atoms with E-state index < -0.39 is 0 Å². The maximum Gasteiger partial charge on any atom is 0.0591 e. The van der Waals surface area contributed by atoms with Gasteiger partial charge in [0, 0.05) is 19.2 Å². The molecule has 2 fully saturated rings. The minimum absolute atomic E-state index is 0. The third-order valence-electron chi connectivity index (χ3n) is 2.95. The summed E-state index contributed by atoms with van der Waals surface area (Å²) in [5.74, 6) is 3.57. The summed E-state index contributed by atoms with van der Waals surface area (Å²) in [6.45, 7) is 2.95. The van der Waals surface area contributed by atoms with Gasteiger partial charge < -0.3 is 10.1 Å². The number of hydrogen-bond acceptors (Lipinski definition) is 3. The highest BCUT2D eigenvalue weighted by atomic mass is 35.5. The van der Waals surface area contributed by atoms with Gasteiger partial charge in [-0.15, -0.1) is 12.4 Å². The maximum atomic E-state index is 5.58. The minimum atomic E-state index is 0. The SMILES string of the molecule is C(COCC1CC1)NC1CCSCC1.Cl. The van der Waals surface area contributed by atoms with Crippen LogP contribution in [0.5, 0.6) is 0 Å². The van der Waals surface area contributed by atoms with Crippen molar-refractivity contribution < 1.29 is 4.74 Å². The number of rotatable bonds is 6. The van der Waals surface area contributed by atoms with E-state index in [1.165, 1.54) is 37.2 Å². The number of halogens is 1. The van der Waals surface area contributed by atoms with Crippen molar-refractivity contribution in [1.29, 1.82) is 0 Å². The van der Waals surface area contributed by atoms with E-state index in [1.54, 1.807) is 0 Å². The molecule has 0 aromatic heterocycles. The van der Waals surface area contributed by atoms with Crippen LogP contribution < -0.4 is 5.32 Å². The zero-order valence-corrected chi connectivity index (χ0v) is 10.9. The highest BCUT2D eigenvalue weighted by Crippen LogP contribution is 2.28. The van der Waals surface area contributed by atoms with Crippen LogP contribution in [0.2, 0.25) is 0 Å². The smallest absolute Gasteiger partial charge is 0.0591 e. The van der Waals surface area contributed by atoms with Crippen molar-refractivity contribution in [2.75, 3.05) is 31.3 Å². The maximum absolute atomic E-state index is 5.58. The molecule has 0 atom stereocenters. The van der Waals surface area contributed by atoms with Gasteiger partial charge in [-0.25, -0.2) is 0 Å². The standard InChI is InChI=1S/C11H21NOS.ClH/c1-2-10(1)9-13-6-5-12-11-3-7-14-8-4-11;/h10-12H,1-9H2;1H. The Morgan fingerprint density at radius 1 is 1.13 bits per heavy atom. The predicted octanol–water partition coefficient (Wildman–Crippen LogP) is 2.32. The molecule has 90 valence electrons. The first-order chi connectivity index (χ1) is 6.95. The lowest BCUT2D eigenvalue weighted by atomic mass is 10.1. The summed E-state index contributed by atoms with van der Waals surface area (Å²) >= 11 is 2.08. The van der Waals surface area contributed by atoms with Gasteiger partial charge in [0.25, 0.3) is 0 Å². The Morgan fingerprint density at radius 3 is 2.53 bits per heavy atom. The molecule has 0 aromatic rings. The summed E-state index contributed by atoms with van der Waals surface area (Å²) < 4.78 is 5.58. The third-order valence-corrected chi connectivity index (χ3v) is 4.00. The zero-order chi connectivity index (χ0) is 9.64. The quantitative estimate of drug-likeness (QED) is 0.733. The van der Waals surface area contributed by atoms with Crippen molar-refractivity contribution in [2.24, 2.45) is 5.92 Å². The molecule has 0 bridgehead atoms. The monoisotopic (exact) mass is 251 g/mol. The molecule has 2 rings (SSSR count). The molecular formula is C11H22ClNOS. The van der Waals surface area contributed by atoms with Crippen molar-refractivity contribution in [3.05, 3.63) is 0 Å². The number of hydrogen-bond donors (Lipinski definition) is 1. The van der Waals surface area contributed by atoms with Crippen LogP contribution in [0.25, 0.3) is 0 Å². The number of nitrogens with one attached hydrogen (secondary N) is 1. The van der Waals surface area contributed by atoms with Crippen LogP contribution in [0.3, 0.4) is 0 Å². The van der Waals surface area contributed by atoms with E-state index in [0.717, 1.165) is 31.7 Å². The van der Waals surface area contributed by atoms with Gasteiger partial charge in [-0.1, -0.05) is 0 Å². The van der Waals surface area contributed by atoms with Crippen molar-refractivity contribution in [3.8, 4) is 0 Å². The molecule has 1 saturated carbocycles. The summed E-state index contributed by atoms with van der Waals surface area (Å²) in [5, 5.41) is 3.58. The molecule has 1 heterocycles. The fraction of sp³-hybridized carbons (Fsp3) is 1.00. The van der Waals surface area contributed by atoms with Gasteiger partial charge >= 0.3 is 0 Å². The molecule has 1 aliphatic carbocycles. The molecule has 0 unspecified atom stereocenters. The third kappa shape index (κ3) is 6.00. The molecule has 0 amide bonds. The van der Waals surface area contributed by atoms with Crippen LogP contribution in [-0.2, 0) is 4.74 Å². The molecule has 0 spiro atoms. The molecule has 1 N–H and O–H groups in total. The molecular weight excluding hydrogens is 230 g/mol. The average Bonchev–Trinajstić information content (AvgIpc) is 3.03. The zero-order valence-electron chi connectivity index (χ0n) is 9.24. The first-order valence-corrected chi connectivity index (χ1v) is 6.99. The highest BCUT2D eigenvalue weighted by molar-refractivity contribution is 7.99. The summed E-state index contributed by atoms with van der Waals surface area (Å²) in [7, 11) is 0. The van der Waals surface area contributed by atoms with E-state index in [-0.39, 0.29) is 12.4 Å². The van der Waals surface area contributed by atoms with E-state index >= 15 is 0 Å². The van der Waals surface area contributed by atoms with Crippen LogP contribution in [0.4, 0.5) is 0 Å². The van der Waals surface area contributed by atoms with Crippen LogP contribution >= 0.6 is 24.2 Å². The summed E-state index contributed by atoms with van der Waals surface area (Å²) in [6.07, 6.45) is 5.47. The lowest BCUT2D eigenvalue weighted by molar-refractivity contribution is 0.124. The Kier molecular flexibility index (Phi) is 7.06. The summed E-state index contributed by atoms with van der Waals surface area (Å²) in [4.78, 5) is 0. The Hall–Kier alpha value is 0.560. The minimum Gasteiger partial charge on any atom is -0.380 e. The normalized spacial score (nSPS) is 22.4. The number of thioether (sulfide) groups is 1. The van der Waals surface area contributed by atoms with Gasteiger partial charge in [-0.2, -0.15) is 11.8 Å². The van der Waals surface area contributed by atoms with Gasteiger partial charge in [0.2, 0.25) is 0 Å². The van der Waals surface area contributed by atoms with Crippen LogP contribution in [-0.4, -0.2) is 37.3 Å². The van der Waals surface area contributed by atoms with E-state index in [4.69, 9.17) is 4.74 Å². The largest absolute Gasteiger partial charge is 0.380 e. The van der Waals surface area contributed by atoms with Gasteiger partial charge in [0.15, 0.2) is 0 Å². The Morgan fingerprint density at radius 2 is 1.87 bits per heavy atom. The lowest BCUT2D eigenvalue weighted by Gasteiger charge is -2.22. The van der Waals surface area contributed by atoms with E-state index in [0.29, 0.717) is 0 Å². The van der Waals surface area contributed by atoms with Crippen LogP contribution in [0, 0.1) is 5.92 Å². The fourth-order valence-corrected chi connectivity index (χ4v) is 2.88. The number of ether oxygens (including phenoxy) is 1. The topological polar surface area (TPSA) is 21.3 Å². The Labute approximate surface area is 103 Å². The molecule has 1 aliphatic heterocycles. The second-order valence-corrected chi connectivity index (χ2v) is 5.58. The van der Waals surface area contributed by atoms with E-state index in [9.17, 15) is 0 Å². The highest BCUT2D eigenvalue weighted by Gasteiger charge is 2.21. The predicted molar refractivity (Wildman–Crippen MR) is 69.1 cm³/mol. The summed E-state index contributed by atoms with van der Waals surface area (Å²) in [5.41, 5.74) is 0. The molecule has 4 heteroatoms. The van der Waals surface area contributed by atoms with Crippen LogP contribution in [0.15, 0.2) is 0 Å². The Bertz CT molecular complexity index is 161. The lowest BCUT2D eigenvalue weighted by Crippen LogP contribution is -2.34. The average molecular weight is 252 g/mol. The van der Waals surface area contributed by atoms with Gasteiger partial charge in [0.1, 0.15) is 0 Å². The molecule has 1 saturated heterocycles. The molecule has 0 radical (unpaired) electrons. The van der Waals surface area contributed by atoms with Crippen molar-refractivity contribution in [3.63, 3.8) is 0 Å². The fourth-order valence-electron chi connectivity index (χ4n) is 1.77. The van der Waals surface area contributed by atoms with Crippen molar-refractivity contribution in [1.82, 2.24) is 5.32 Å². The molecule has 0 aromatic carbocycles. The van der Waals surface area contributed by atoms with Gasteiger partial charge in [-0.3, -0.25) is 0 Å². The second-order valence-electron chi connectivity index (χ2n) is 4.36. The molecule has 2 aliphatic rings. The van der Waals surface area contributed by atoms with Gasteiger partial charge in [0.05, 0.1) is 6.61 Å². The van der Waals surface area contributed by atoms with E-state index in [2.05, 4.69) is 17.1 Å². The van der Waals surface area contributed by atoms with Gasteiger partial charge in [-0.05, 0) is 43.1 Å². The van der Waals surface area contributed by atoms with E-state index in [1.807, 2.05) is 0 Å². The molecule has 2 nitrogen and oxygen atoms in total. The van der Waals surface area contributed by atoms with Crippen molar-refractivity contribution in [2.45, 2.75) is 31.7 Å². The second kappa shape index (κ2) is 7.77. The van der Waals surface area contributed by atoms with Crippen molar-refractivity contribution >= 4 is 24.2 Å². The Balaban J connectivity index is 0.00000112.